The van der Waals surface area contributed by atoms with Crippen LogP contribution in [0.3, 0.4) is 0 Å². The van der Waals surface area contributed by atoms with E-state index in [9.17, 15) is 18.8 Å². The summed E-state index contributed by atoms with van der Waals surface area (Å²) in [6.45, 7) is 3.63. The van der Waals surface area contributed by atoms with Gasteiger partial charge in [-0.15, -0.1) is 0 Å². The lowest BCUT2D eigenvalue weighted by molar-refractivity contribution is 0.0527. The second kappa shape index (κ2) is 10.4. The van der Waals surface area contributed by atoms with Crippen LogP contribution < -0.4 is 10.9 Å². The second-order valence-electron chi connectivity index (χ2n) is 8.09. The van der Waals surface area contributed by atoms with E-state index in [-0.39, 0.29) is 17.7 Å². The maximum Gasteiger partial charge on any atom is 0.340 e. The molecule has 0 aliphatic carbocycles. The fourth-order valence-corrected chi connectivity index (χ4v) is 3.80. The second-order valence-corrected chi connectivity index (χ2v) is 8.09. The number of carbonyl (C=O) groups excluding carboxylic acids is 2. The molecule has 9 heteroatoms. The van der Waals surface area contributed by atoms with Crippen LogP contribution in [0, 0.1) is 5.82 Å². The highest BCUT2D eigenvalue weighted by Gasteiger charge is 2.25. The molecule has 0 bridgehead atoms. The van der Waals surface area contributed by atoms with Crippen LogP contribution >= 0.6 is 0 Å². The fourth-order valence-electron chi connectivity index (χ4n) is 3.80. The van der Waals surface area contributed by atoms with Gasteiger partial charge in [0.15, 0.2) is 0 Å². The molecule has 1 atom stereocenters. The molecule has 0 radical (unpaired) electrons. The Morgan fingerprint density at radius 1 is 1.06 bits per heavy atom. The molecule has 0 aliphatic rings. The minimum Gasteiger partial charge on any atom is -0.462 e. The molecule has 8 nitrogen and oxygen atoms in total. The first-order valence-corrected chi connectivity index (χ1v) is 11.4. The Kier molecular flexibility index (Phi) is 7.10. The summed E-state index contributed by atoms with van der Waals surface area (Å²) in [6.07, 6.45) is 0. The third-order valence-electron chi connectivity index (χ3n) is 5.83. The summed E-state index contributed by atoms with van der Waals surface area (Å²) in [5, 5.41) is 3.14. The van der Waals surface area contributed by atoms with E-state index in [1.54, 1.807) is 69.4 Å². The summed E-state index contributed by atoms with van der Waals surface area (Å²) >= 11 is 0. The monoisotopic (exact) mass is 488 g/mol. The fraction of sp³-hybridized carbons (Fsp3) is 0.185. The number of carbonyl (C=O) groups is 2. The third-order valence-corrected chi connectivity index (χ3v) is 5.83. The van der Waals surface area contributed by atoms with Crippen molar-refractivity contribution in [2.24, 2.45) is 0 Å². The van der Waals surface area contributed by atoms with E-state index in [0.717, 1.165) is 0 Å². The first-order valence-electron chi connectivity index (χ1n) is 11.4. The maximum atomic E-state index is 13.6. The normalized spacial score (nSPS) is 11.7. The molecule has 3 aromatic carbocycles. The van der Waals surface area contributed by atoms with Gasteiger partial charge in [0, 0.05) is 7.05 Å². The largest absolute Gasteiger partial charge is 0.462 e. The maximum absolute atomic E-state index is 13.6. The number of para-hydroxylation sites is 2. The molecule has 1 unspecified atom stereocenters. The van der Waals surface area contributed by atoms with Gasteiger partial charge in [0.25, 0.3) is 5.56 Å². The van der Waals surface area contributed by atoms with Gasteiger partial charge in [0.1, 0.15) is 11.6 Å². The minimum absolute atomic E-state index is 0.201. The smallest absolute Gasteiger partial charge is 0.340 e. The SMILES string of the molecule is CCOC(=O)c1ccccc1NC(=O)N(C)C(C)c1nc2ccccc2c(=O)n1-c1ccc(F)cc1. The van der Waals surface area contributed by atoms with Crippen molar-refractivity contribution in [1.29, 1.82) is 0 Å². The van der Waals surface area contributed by atoms with Crippen molar-refractivity contribution in [1.82, 2.24) is 14.5 Å². The number of nitrogens with zero attached hydrogens (tertiary/aromatic N) is 3. The molecule has 36 heavy (non-hydrogen) atoms. The molecule has 1 aromatic heterocycles. The number of benzene rings is 3. The molecule has 1 N–H and O–H groups in total. The number of ether oxygens (including phenoxy) is 1. The quantitative estimate of drug-likeness (QED) is 0.389. The summed E-state index contributed by atoms with van der Waals surface area (Å²) in [6, 6.07) is 17.7. The third kappa shape index (κ3) is 4.81. The van der Waals surface area contributed by atoms with Crippen LogP contribution in [-0.4, -0.2) is 40.1 Å². The predicted octanol–water partition coefficient (Wildman–Crippen LogP) is 4.93. The number of nitrogens with one attached hydrogen (secondary N) is 1. The Labute approximate surface area is 207 Å². The number of urea groups is 1. The Hall–Kier alpha value is -4.53. The van der Waals surface area contributed by atoms with Gasteiger partial charge in [-0.25, -0.2) is 19.0 Å². The van der Waals surface area contributed by atoms with Crippen LogP contribution in [0.5, 0.6) is 0 Å². The van der Waals surface area contributed by atoms with Crippen molar-refractivity contribution in [2.75, 3.05) is 19.0 Å². The molecule has 0 spiro atoms. The lowest BCUT2D eigenvalue weighted by Crippen LogP contribution is -2.37. The topological polar surface area (TPSA) is 93.5 Å². The van der Waals surface area contributed by atoms with Gasteiger partial charge in [0.05, 0.1) is 40.5 Å². The molecule has 4 aromatic rings. The molecular weight excluding hydrogens is 463 g/mol. The number of fused-ring (bicyclic) bond motifs is 1. The molecule has 0 aliphatic heterocycles. The van der Waals surface area contributed by atoms with E-state index in [2.05, 4.69) is 10.3 Å². The zero-order valence-corrected chi connectivity index (χ0v) is 20.1. The van der Waals surface area contributed by atoms with Crippen molar-refractivity contribution in [2.45, 2.75) is 19.9 Å². The van der Waals surface area contributed by atoms with Crippen molar-refractivity contribution >= 4 is 28.6 Å². The van der Waals surface area contributed by atoms with Crippen LogP contribution in [0.4, 0.5) is 14.9 Å². The van der Waals surface area contributed by atoms with E-state index < -0.39 is 23.9 Å². The molecule has 0 saturated carbocycles. The van der Waals surface area contributed by atoms with Gasteiger partial charge in [-0.05, 0) is 62.4 Å². The predicted molar refractivity (Wildman–Crippen MR) is 135 cm³/mol. The number of amides is 2. The van der Waals surface area contributed by atoms with Crippen LogP contribution in [0.15, 0.2) is 77.6 Å². The molecule has 184 valence electrons. The molecule has 1 heterocycles. The number of esters is 1. The van der Waals surface area contributed by atoms with Crippen molar-refractivity contribution in [3.63, 3.8) is 0 Å². The van der Waals surface area contributed by atoms with Gasteiger partial charge < -0.3 is 15.0 Å². The zero-order chi connectivity index (χ0) is 25.8. The van der Waals surface area contributed by atoms with Gasteiger partial charge in [-0.2, -0.15) is 0 Å². The van der Waals surface area contributed by atoms with Gasteiger partial charge in [-0.3, -0.25) is 9.36 Å². The van der Waals surface area contributed by atoms with Crippen LogP contribution in [0.25, 0.3) is 16.6 Å². The summed E-state index contributed by atoms with van der Waals surface area (Å²) in [4.78, 5) is 45.0. The number of hydrogen-bond acceptors (Lipinski definition) is 5. The summed E-state index contributed by atoms with van der Waals surface area (Å²) in [7, 11) is 1.56. The summed E-state index contributed by atoms with van der Waals surface area (Å²) < 4.78 is 20.1. The highest BCUT2D eigenvalue weighted by atomic mass is 19.1. The van der Waals surface area contributed by atoms with Crippen molar-refractivity contribution < 1.29 is 18.7 Å². The average Bonchev–Trinajstić information content (AvgIpc) is 2.89. The highest BCUT2D eigenvalue weighted by molar-refractivity contribution is 6.00. The first kappa shape index (κ1) is 24.6. The van der Waals surface area contributed by atoms with Crippen LogP contribution in [-0.2, 0) is 4.74 Å². The van der Waals surface area contributed by atoms with E-state index in [1.807, 2.05) is 0 Å². The summed E-state index contributed by atoms with van der Waals surface area (Å²) in [5.41, 5.74) is 1.07. The number of halogens is 1. The Morgan fingerprint density at radius 2 is 1.72 bits per heavy atom. The Balaban J connectivity index is 1.73. The van der Waals surface area contributed by atoms with Crippen molar-refractivity contribution in [3.8, 4) is 5.69 Å². The highest BCUT2D eigenvalue weighted by Crippen LogP contribution is 2.24. The van der Waals surface area contributed by atoms with Crippen molar-refractivity contribution in [3.05, 3.63) is 100 Å². The minimum atomic E-state index is -0.679. The first-order chi connectivity index (χ1) is 17.3. The Morgan fingerprint density at radius 3 is 2.44 bits per heavy atom. The lowest BCUT2D eigenvalue weighted by Gasteiger charge is -2.27. The van der Waals surface area contributed by atoms with E-state index in [0.29, 0.717) is 28.1 Å². The molecular formula is C27H25FN4O4. The van der Waals surface area contributed by atoms with Gasteiger partial charge >= 0.3 is 12.0 Å². The van der Waals surface area contributed by atoms with E-state index in [4.69, 9.17) is 4.74 Å². The van der Waals surface area contributed by atoms with Gasteiger partial charge in [0.2, 0.25) is 0 Å². The number of rotatable bonds is 6. The molecule has 4 rings (SSSR count). The number of anilines is 1. The molecule has 0 saturated heterocycles. The molecule has 2 amide bonds. The van der Waals surface area contributed by atoms with E-state index in [1.165, 1.54) is 33.7 Å². The number of hydrogen-bond donors (Lipinski definition) is 1. The molecule has 0 fully saturated rings. The van der Waals surface area contributed by atoms with Crippen LogP contribution in [0.1, 0.15) is 36.1 Å². The zero-order valence-electron chi connectivity index (χ0n) is 20.1. The lowest BCUT2D eigenvalue weighted by atomic mass is 10.1. The Bertz CT molecular complexity index is 1480. The van der Waals surface area contributed by atoms with Gasteiger partial charge in [-0.1, -0.05) is 24.3 Å². The van der Waals surface area contributed by atoms with Crippen LogP contribution in [0.2, 0.25) is 0 Å². The standard InChI is InChI=1S/C27H25FN4O4/c1-4-36-26(34)21-10-6-8-12-23(21)30-27(35)31(3)17(2)24-29-22-11-7-5-9-20(22)25(33)32(24)19-15-13-18(28)14-16-19/h5-17H,4H2,1-3H3,(H,30,35). The number of aromatic nitrogens is 2. The average molecular weight is 489 g/mol. The summed E-state index contributed by atoms with van der Waals surface area (Å²) in [5.74, 6) is -0.695. The van der Waals surface area contributed by atoms with E-state index >= 15 is 0 Å².